The standard InChI is InChI=1S/C16H24N6OS2/c1-4-22-14(5-8-18-22)24-16(2,3)12-6-9-21(10-7-12)15(23)19-13-11-17-20-25-13/h5,8,11-12H,4,6-7,9-10H2,1-3H3,(H,19,23). The van der Waals surface area contributed by atoms with Crippen LogP contribution in [0, 0.1) is 5.92 Å². The summed E-state index contributed by atoms with van der Waals surface area (Å²) in [5.41, 5.74) is 0. The molecule has 0 atom stereocenters. The van der Waals surface area contributed by atoms with Crippen molar-refractivity contribution in [3.05, 3.63) is 18.5 Å². The average Bonchev–Trinajstić information content (AvgIpc) is 3.26. The van der Waals surface area contributed by atoms with Gasteiger partial charge in [0.1, 0.15) is 5.00 Å². The Morgan fingerprint density at radius 3 is 2.84 bits per heavy atom. The maximum atomic E-state index is 12.3. The van der Waals surface area contributed by atoms with Gasteiger partial charge in [-0.3, -0.25) is 10.00 Å². The highest BCUT2D eigenvalue weighted by Crippen LogP contribution is 2.42. The second-order valence-electron chi connectivity index (χ2n) is 6.66. The fraction of sp³-hybridized carbons (Fsp3) is 0.625. The topological polar surface area (TPSA) is 75.9 Å². The zero-order valence-corrected chi connectivity index (χ0v) is 16.4. The Hall–Kier alpha value is -1.61. The van der Waals surface area contributed by atoms with Gasteiger partial charge in [0.15, 0.2) is 0 Å². The van der Waals surface area contributed by atoms with E-state index in [0.29, 0.717) is 10.9 Å². The summed E-state index contributed by atoms with van der Waals surface area (Å²) < 4.78 is 5.91. The number of carbonyl (C=O) groups is 1. The quantitative estimate of drug-likeness (QED) is 0.803. The highest BCUT2D eigenvalue weighted by atomic mass is 32.2. The van der Waals surface area contributed by atoms with Crippen molar-refractivity contribution < 1.29 is 4.79 Å². The maximum Gasteiger partial charge on any atom is 0.322 e. The number of thioether (sulfide) groups is 1. The van der Waals surface area contributed by atoms with E-state index in [-0.39, 0.29) is 10.8 Å². The van der Waals surface area contributed by atoms with Crippen molar-refractivity contribution in [1.29, 1.82) is 0 Å². The predicted octanol–water partition coefficient (Wildman–Crippen LogP) is 3.57. The number of hydrogen-bond donors (Lipinski definition) is 1. The number of aromatic nitrogens is 4. The molecule has 0 aromatic carbocycles. The third-order valence-electron chi connectivity index (χ3n) is 4.70. The molecule has 1 N–H and O–H groups in total. The van der Waals surface area contributed by atoms with E-state index in [9.17, 15) is 4.79 Å². The van der Waals surface area contributed by atoms with Gasteiger partial charge >= 0.3 is 6.03 Å². The number of nitrogens with one attached hydrogen (secondary N) is 1. The van der Waals surface area contributed by atoms with Crippen molar-refractivity contribution in [2.45, 2.75) is 49.9 Å². The molecule has 0 saturated carbocycles. The lowest BCUT2D eigenvalue weighted by Gasteiger charge is -2.40. The largest absolute Gasteiger partial charge is 0.324 e. The first-order chi connectivity index (χ1) is 12.0. The first kappa shape index (κ1) is 18.2. The summed E-state index contributed by atoms with van der Waals surface area (Å²) in [5, 5.41) is 12.9. The molecule has 0 bridgehead atoms. The Morgan fingerprint density at radius 2 is 2.20 bits per heavy atom. The fourth-order valence-electron chi connectivity index (χ4n) is 3.18. The Morgan fingerprint density at radius 1 is 1.44 bits per heavy atom. The zero-order chi connectivity index (χ0) is 17.9. The van der Waals surface area contributed by atoms with Crippen LogP contribution in [0.15, 0.2) is 23.5 Å². The van der Waals surface area contributed by atoms with Crippen molar-refractivity contribution in [2.24, 2.45) is 5.92 Å². The molecule has 0 unspecified atom stereocenters. The van der Waals surface area contributed by atoms with Gasteiger partial charge in [0.25, 0.3) is 0 Å². The molecule has 1 aliphatic rings. The molecule has 136 valence electrons. The van der Waals surface area contributed by atoms with E-state index in [1.54, 1.807) is 6.20 Å². The lowest BCUT2D eigenvalue weighted by molar-refractivity contribution is 0.173. The smallest absolute Gasteiger partial charge is 0.322 e. The van der Waals surface area contributed by atoms with Gasteiger partial charge in [0.05, 0.1) is 17.4 Å². The Labute approximate surface area is 156 Å². The van der Waals surface area contributed by atoms with Crippen molar-refractivity contribution in [3.8, 4) is 0 Å². The summed E-state index contributed by atoms with van der Waals surface area (Å²) in [6.07, 6.45) is 5.46. The number of rotatable bonds is 5. The molecule has 9 heteroatoms. The fourth-order valence-corrected chi connectivity index (χ4v) is 4.94. The van der Waals surface area contributed by atoms with Crippen molar-refractivity contribution in [3.63, 3.8) is 0 Å². The number of nitrogens with zero attached hydrogens (tertiary/aromatic N) is 5. The molecule has 2 aromatic heterocycles. The SMILES string of the molecule is CCn1nccc1SC(C)(C)C1CCN(C(=O)Nc2cnns2)CC1. The van der Waals surface area contributed by atoms with Crippen LogP contribution in [0.5, 0.6) is 0 Å². The van der Waals surface area contributed by atoms with Crippen molar-refractivity contribution in [1.82, 2.24) is 24.3 Å². The van der Waals surface area contributed by atoms with Gasteiger partial charge in [0.2, 0.25) is 0 Å². The highest BCUT2D eigenvalue weighted by molar-refractivity contribution is 8.00. The Kier molecular flexibility index (Phi) is 5.63. The van der Waals surface area contributed by atoms with Gasteiger partial charge in [-0.2, -0.15) is 5.10 Å². The minimum atomic E-state index is -0.0565. The van der Waals surface area contributed by atoms with Crippen LogP contribution in [-0.4, -0.2) is 48.1 Å². The summed E-state index contributed by atoms with van der Waals surface area (Å²) in [4.78, 5) is 14.2. The van der Waals surface area contributed by atoms with Gasteiger partial charge < -0.3 is 4.90 Å². The average molecular weight is 381 g/mol. The summed E-state index contributed by atoms with van der Waals surface area (Å²) in [6, 6.07) is 2.03. The number of likely N-dealkylation sites (tertiary alicyclic amines) is 1. The summed E-state index contributed by atoms with van der Waals surface area (Å²) in [6.45, 7) is 9.15. The summed E-state index contributed by atoms with van der Waals surface area (Å²) in [7, 11) is 0. The number of urea groups is 1. The van der Waals surface area contributed by atoms with E-state index < -0.39 is 0 Å². The molecule has 2 aromatic rings. The van der Waals surface area contributed by atoms with Crippen LogP contribution in [0.3, 0.4) is 0 Å². The van der Waals surface area contributed by atoms with Gasteiger partial charge in [-0.15, -0.1) is 16.9 Å². The number of piperidine rings is 1. The second-order valence-corrected chi connectivity index (χ2v) is 9.12. The minimum Gasteiger partial charge on any atom is -0.324 e. The third-order valence-corrected chi connectivity index (χ3v) is 6.70. The molecule has 1 aliphatic heterocycles. The highest BCUT2D eigenvalue weighted by Gasteiger charge is 2.35. The maximum absolute atomic E-state index is 12.3. The molecule has 2 amide bonds. The van der Waals surface area contributed by atoms with Crippen LogP contribution < -0.4 is 5.32 Å². The van der Waals surface area contributed by atoms with E-state index in [4.69, 9.17) is 0 Å². The van der Waals surface area contributed by atoms with Crippen molar-refractivity contribution in [2.75, 3.05) is 18.4 Å². The predicted molar refractivity (Wildman–Crippen MR) is 101 cm³/mol. The second kappa shape index (κ2) is 7.74. The third kappa shape index (κ3) is 4.33. The van der Waals surface area contributed by atoms with Gasteiger partial charge in [-0.25, -0.2) is 4.79 Å². The molecule has 25 heavy (non-hydrogen) atoms. The van der Waals surface area contributed by atoms with E-state index in [0.717, 1.165) is 32.5 Å². The van der Waals surface area contributed by atoms with Gasteiger partial charge in [0, 0.05) is 35.9 Å². The molecule has 0 spiro atoms. The molecule has 0 aliphatic carbocycles. The first-order valence-electron chi connectivity index (χ1n) is 8.53. The molecule has 7 nitrogen and oxygen atoms in total. The van der Waals surface area contributed by atoms with Gasteiger partial charge in [-0.1, -0.05) is 18.3 Å². The normalized spacial score (nSPS) is 16.2. The van der Waals surface area contributed by atoms with Crippen LogP contribution >= 0.6 is 23.3 Å². The summed E-state index contributed by atoms with van der Waals surface area (Å²) >= 11 is 3.08. The number of carbonyl (C=O) groups excluding carboxylic acids is 1. The molecular formula is C16H24N6OS2. The lowest BCUT2D eigenvalue weighted by atomic mass is 9.86. The van der Waals surface area contributed by atoms with Crippen LogP contribution in [0.1, 0.15) is 33.6 Å². The van der Waals surface area contributed by atoms with Crippen LogP contribution in [0.2, 0.25) is 0 Å². The van der Waals surface area contributed by atoms with Gasteiger partial charge in [-0.05, 0) is 31.7 Å². The van der Waals surface area contributed by atoms with Crippen LogP contribution in [0.25, 0.3) is 0 Å². The number of hydrogen-bond acceptors (Lipinski definition) is 6. The number of aryl methyl sites for hydroxylation is 1. The Balaban J connectivity index is 1.54. The monoisotopic (exact) mass is 380 g/mol. The van der Waals surface area contributed by atoms with E-state index in [1.165, 1.54) is 16.6 Å². The number of anilines is 1. The molecule has 1 fully saturated rings. The van der Waals surface area contributed by atoms with E-state index >= 15 is 0 Å². The lowest BCUT2D eigenvalue weighted by Crippen LogP contribution is -2.44. The molecule has 0 radical (unpaired) electrons. The van der Waals surface area contributed by atoms with Crippen molar-refractivity contribution >= 4 is 34.3 Å². The van der Waals surface area contributed by atoms with Crippen LogP contribution in [-0.2, 0) is 6.54 Å². The molecule has 1 saturated heterocycles. The molecule has 3 heterocycles. The van der Waals surface area contributed by atoms with E-state index in [1.807, 2.05) is 27.5 Å². The summed E-state index contributed by atoms with van der Waals surface area (Å²) in [5.74, 6) is 0.562. The number of amides is 2. The minimum absolute atomic E-state index is 0.0565. The van der Waals surface area contributed by atoms with E-state index in [2.05, 4.69) is 46.8 Å². The van der Waals surface area contributed by atoms with Crippen LogP contribution in [0.4, 0.5) is 9.80 Å². The first-order valence-corrected chi connectivity index (χ1v) is 10.1. The molecular weight excluding hydrogens is 356 g/mol. The Bertz CT molecular complexity index is 691. The zero-order valence-electron chi connectivity index (χ0n) is 14.8. The molecule has 3 rings (SSSR count).